The fourth-order valence-corrected chi connectivity index (χ4v) is 2.69. The molecule has 1 heterocycles. The van der Waals surface area contributed by atoms with E-state index in [4.69, 9.17) is 4.74 Å². The van der Waals surface area contributed by atoms with Crippen LogP contribution < -0.4 is 15.4 Å². The van der Waals surface area contributed by atoms with E-state index in [1.165, 1.54) is 18.1 Å². The first-order valence-corrected chi connectivity index (χ1v) is 7.90. The van der Waals surface area contributed by atoms with Crippen LogP contribution in [0.2, 0.25) is 0 Å². The van der Waals surface area contributed by atoms with Crippen molar-refractivity contribution in [1.82, 2.24) is 10.6 Å². The lowest BCUT2D eigenvalue weighted by Gasteiger charge is -2.12. The Morgan fingerprint density at radius 3 is 2.82 bits per heavy atom. The van der Waals surface area contributed by atoms with Crippen molar-refractivity contribution in [2.75, 3.05) is 20.7 Å². The van der Waals surface area contributed by atoms with Crippen molar-refractivity contribution in [3.8, 4) is 5.75 Å². The van der Waals surface area contributed by atoms with Gasteiger partial charge in [-0.05, 0) is 35.6 Å². The van der Waals surface area contributed by atoms with Crippen LogP contribution in [-0.4, -0.2) is 26.7 Å². The number of hydrogen-bond acceptors (Lipinski definition) is 3. The van der Waals surface area contributed by atoms with Crippen LogP contribution in [-0.2, 0) is 13.0 Å². The summed E-state index contributed by atoms with van der Waals surface area (Å²) in [6, 6.07) is 9.08. The van der Waals surface area contributed by atoms with Gasteiger partial charge in [-0.15, -0.1) is 11.3 Å². The summed E-state index contributed by atoms with van der Waals surface area (Å²) in [4.78, 5) is 5.49. The lowest BCUT2D eigenvalue weighted by Crippen LogP contribution is -2.37. The lowest BCUT2D eigenvalue weighted by molar-refractivity contribution is 0.386. The van der Waals surface area contributed by atoms with Crippen molar-refractivity contribution in [2.24, 2.45) is 4.99 Å². The van der Waals surface area contributed by atoms with Gasteiger partial charge in [0.2, 0.25) is 0 Å². The van der Waals surface area contributed by atoms with Gasteiger partial charge in [-0.3, -0.25) is 4.99 Å². The van der Waals surface area contributed by atoms with E-state index in [0.29, 0.717) is 12.5 Å². The molecule has 1 aromatic heterocycles. The van der Waals surface area contributed by atoms with Crippen LogP contribution in [0.4, 0.5) is 4.39 Å². The summed E-state index contributed by atoms with van der Waals surface area (Å²) in [6.07, 6.45) is 0.954. The van der Waals surface area contributed by atoms with Gasteiger partial charge in [0.1, 0.15) is 0 Å². The zero-order valence-electron chi connectivity index (χ0n) is 12.7. The molecule has 0 unspecified atom stereocenters. The molecule has 0 aliphatic rings. The molecule has 22 heavy (non-hydrogen) atoms. The highest BCUT2D eigenvalue weighted by Gasteiger charge is 2.04. The Bertz CT molecular complexity index is 614. The van der Waals surface area contributed by atoms with Crippen LogP contribution in [0.15, 0.2) is 40.7 Å². The topological polar surface area (TPSA) is 45.7 Å². The molecular formula is C16H20FN3OS. The van der Waals surface area contributed by atoms with Crippen LogP contribution in [0.3, 0.4) is 0 Å². The summed E-state index contributed by atoms with van der Waals surface area (Å²) < 4.78 is 18.5. The van der Waals surface area contributed by atoms with Crippen molar-refractivity contribution < 1.29 is 9.13 Å². The van der Waals surface area contributed by atoms with Crippen LogP contribution in [0.25, 0.3) is 0 Å². The molecule has 0 fully saturated rings. The van der Waals surface area contributed by atoms with Gasteiger partial charge in [0.15, 0.2) is 17.5 Å². The Morgan fingerprint density at radius 2 is 2.18 bits per heavy atom. The molecule has 0 amide bonds. The smallest absolute Gasteiger partial charge is 0.191 e. The van der Waals surface area contributed by atoms with E-state index in [-0.39, 0.29) is 11.6 Å². The average Bonchev–Trinajstić information content (AvgIpc) is 3.04. The number of benzene rings is 1. The first-order valence-electron chi connectivity index (χ1n) is 7.02. The van der Waals surface area contributed by atoms with E-state index < -0.39 is 0 Å². The Labute approximate surface area is 134 Å². The monoisotopic (exact) mass is 321 g/mol. The molecule has 1 aromatic carbocycles. The van der Waals surface area contributed by atoms with Gasteiger partial charge in [0.05, 0.1) is 7.11 Å². The largest absolute Gasteiger partial charge is 0.494 e. The number of nitrogens with zero attached hydrogens (tertiary/aromatic N) is 1. The molecule has 6 heteroatoms. The number of hydrogen-bond donors (Lipinski definition) is 2. The molecule has 2 aromatic rings. The molecule has 0 saturated heterocycles. The Morgan fingerprint density at radius 1 is 1.32 bits per heavy atom. The minimum Gasteiger partial charge on any atom is -0.494 e. The van der Waals surface area contributed by atoms with Crippen LogP contribution in [0.1, 0.15) is 10.4 Å². The molecule has 0 aliphatic carbocycles. The summed E-state index contributed by atoms with van der Waals surface area (Å²) in [6.45, 7) is 1.30. The summed E-state index contributed by atoms with van der Waals surface area (Å²) in [5.74, 6) is 0.595. The number of halogens is 1. The minimum atomic E-state index is -0.359. The molecule has 4 nitrogen and oxygen atoms in total. The quantitative estimate of drug-likeness (QED) is 0.635. The highest BCUT2D eigenvalue weighted by Crippen LogP contribution is 2.17. The summed E-state index contributed by atoms with van der Waals surface area (Å²) >= 11 is 1.74. The first-order chi connectivity index (χ1) is 10.7. The van der Waals surface area contributed by atoms with E-state index in [0.717, 1.165) is 18.5 Å². The second-order valence-electron chi connectivity index (χ2n) is 4.65. The van der Waals surface area contributed by atoms with Gasteiger partial charge in [0.25, 0.3) is 0 Å². The molecule has 0 aliphatic heterocycles. The van der Waals surface area contributed by atoms with Gasteiger partial charge in [0, 0.05) is 25.0 Å². The standard InChI is InChI=1S/C16H20FN3OS/c1-18-16(19-8-7-13-4-3-9-22-13)20-11-12-5-6-15(21-2)14(17)10-12/h3-6,9-10H,7-8,11H2,1-2H3,(H2,18,19,20). The van der Waals surface area contributed by atoms with Crippen molar-refractivity contribution in [3.63, 3.8) is 0 Å². The van der Waals surface area contributed by atoms with Gasteiger partial charge in [-0.1, -0.05) is 12.1 Å². The number of aliphatic imine (C=N–C) groups is 1. The summed E-state index contributed by atoms with van der Waals surface area (Å²) in [5, 5.41) is 8.48. The Kier molecular flexibility index (Phi) is 6.21. The molecule has 2 N–H and O–H groups in total. The van der Waals surface area contributed by atoms with Crippen molar-refractivity contribution in [1.29, 1.82) is 0 Å². The highest BCUT2D eigenvalue weighted by molar-refractivity contribution is 7.09. The predicted octanol–water partition coefficient (Wildman–Crippen LogP) is 2.80. The fourth-order valence-electron chi connectivity index (χ4n) is 1.99. The molecule has 2 rings (SSSR count). The first kappa shape index (κ1) is 16.3. The third kappa shape index (κ3) is 4.73. The maximum atomic E-state index is 13.6. The third-order valence-electron chi connectivity index (χ3n) is 3.14. The number of methoxy groups -OCH3 is 1. The van der Waals surface area contributed by atoms with Crippen LogP contribution >= 0.6 is 11.3 Å². The molecule has 0 saturated carbocycles. The summed E-state index contributed by atoms with van der Waals surface area (Å²) in [7, 11) is 3.17. The number of rotatable bonds is 6. The van der Waals surface area contributed by atoms with Gasteiger partial charge < -0.3 is 15.4 Å². The third-order valence-corrected chi connectivity index (χ3v) is 4.08. The average molecular weight is 321 g/mol. The zero-order valence-corrected chi connectivity index (χ0v) is 13.5. The Balaban J connectivity index is 1.79. The minimum absolute atomic E-state index is 0.252. The summed E-state index contributed by atoms with van der Waals surface area (Å²) in [5.41, 5.74) is 0.833. The van der Waals surface area contributed by atoms with Crippen molar-refractivity contribution >= 4 is 17.3 Å². The predicted molar refractivity (Wildman–Crippen MR) is 89.2 cm³/mol. The van der Waals surface area contributed by atoms with Crippen molar-refractivity contribution in [2.45, 2.75) is 13.0 Å². The molecule has 0 bridgehead atoms. The molecule has 118 valence electrons. The molecule has 0 atom stereocenters. The van der Waals surface area contributed by atoms with Crippen LogP contribution in [0, 0.1) is 5.82 Å². The fraction of sp³-hybridized carbons (Fsp3) is 0.312. The number of guanidine groups is 1. The molecule has 0 radical (unpaired) electrons. The van der Waals surface area contributed by atoms with Crippen molar-refractivity contribution in [3.05, 3.63) is 52.0 Å². The highest BCUT2D eigenvalue weighted by atomic mass is 32.1. The van der Waals surface area contributed by atoms with Crippen LogP contribution in [0.5, 0.6) is 5.75 Å². The number of nitrogens with one attached hydrogen (secondary N) is 2. The normalized spacial score (nSPS) is 11.3. The molecule has 0 spiro atoms. The van der Waals surface area contributed by atoms with E-state index in [9.17, 15) is 4.39 Å². The van der Waals surface area contributed by atoms with E-state index in [1.807, 2.05) is 12.1 Å². The maximum Gasteiger partial charge on any atom is 0.191 e. The zero-order chi connectivity index (χ0) is 15.8. The van der Waals surface area contributed by atoms with E-state index in [1.54, 1.807) is 24.5 Å². The maximum absolute atomic E-state index is 13.6. The Hall–Kier alpha value is -2.08. The second kappa shape index (κ2) is 8.38. The lowest BCUT2D eigenvalue weighted by atomic mass is 10.2. The van der Waals surface area contributed by atoms with E-state index in [2.05, 4.69) is 27.1 Å². The number of ether oxygens (including phenoxy) is 1. The van der Waals surface area contributed by atoms with Gasteiger partial charge in [-0.25, -0.2) is 4.39 Å². The molecular weight excluding hydrogens is 301 g/mol. The van der Waals surface area contributed by atoms with Gasteiger partial charge in [-0.2, -0.15) is 0 Å². The number of thiophene rings is 1. The van der Waals surface area contributed by atoms with E-state index >= 15 is 0 Å². The van der Waals surface area contributed by atoms with Gasteiger partial charge >= 0.3 is 0 Å². The second-order valence-corrected chi connectivity index (χ2v) is 5.68. The SMILES string of the molecule is CN=C(NCCc1cccs1)NCc1ccc(OC)c(F)c1.